The number of hydrogen-bond acceptors (Lipinski definition) is 5. The summed E-state index contributed by atoms with van der Waals surface area (Å²) < 4.78 is 10.9. The van der Waals surface area contributed by atoms with E-state index >= 15 is 0 Å². The highest BCUT2D eigenvalue weighted by atomic mass is 16.6. The third-order valence-corrected chi connectivity index (χ3v) is 2.90. The van der Waals surface area contributed by atoms with Crippen molar-refractivity contribution in [3.8, 4) is 11.5 Å². The molecule has 0 saturated carbocycles. The average molecular weight is 271 g/mol. The molecule has 3 N–H and O–H groups in total. The Morgan fingerprint density at radius 2 is 2.00 bits per heavy atom. The van der Waals surface area contributed by atoms with Gasteiger partial charge in [0, 0.05) is 18.0 Å². The Labute approximate surface area is 115 Å². The molecule has 1 amide bonds. The highest BCUT2D eigenvalue weighted by Gasteiger charge is 2.14. The second-order valence-corrected chi connectivity index (χ2v) is 4.28. The lowest BCUT2D eigenvalue weighted by molar-refractivity contribution is 0.102. The van der Waals surface area contributed by atoms with E-state index in [1.165, 1.54) is 12.4 Å². The number of nitrogens with two attached hydrogens (primary N) is 1. The number of rotatable bonds is 2. The molecular formula is C14H13N3O3. The molecular weight excluding hydrogens is 258 g/mol. The number of carbonyl (C=O) groups excluding carboxylic acids is 1. The van der Waals surface area contributed by atoms with Crippen molar-refractivity contribution >= 4 is 17.3 Å². The summed E-state index contributed by atoms with van der Waals surface area (Å²) >= 11 is 0. The first kappa shape index (κ1) is 12.3. The smallest absolute Gasteiger partial charge is 0.257 e. The SMILES string of the molecule is Nc1cnccc1C(=O)Nc1ccc2c(c1)OCCO2. The Morgan fingerprint density at radius 1 is 1.20 bits per heavy atom. The second-order valence-electron chi connectivity index (χ2n) is 4.28. The Morgan fingerprint density at radius 3 is 2.80 bits per heavy atom. The van der Waals surface area contributed by atoms with Crippen LogP contribution in [0.3, 0.4) is 0 Å². The second kappa shape index (κ2) is 5.08. The number of amides is 1. The summed E-state index contributed by atoms with van der Waals surface area (Å²) in [6, 6.07) is 6.81. The molecule has 0 aliphatic carbocycles. The van der Waals surface area contributed by atoms with E-state index < -0.39 is 0 Å². The number of fused-ring (bicyclic) bond motifs is 1. The van der Waals surface area contributed by atoms with Crippen LogP contribution in [0.2, 0.25) is 0 Å². The minimum absolute atomic E-state index is 0.290. The molecule has 6 nitrogen and oxygen atoms in total. The number of pyridine rings is 1. The summed E-state index contributed by atoms with van der Waals surface area (Å²) in [6.45, 7) is 1.04. The number of nitrogens with one attached hydrogen (secondary N) is 1. The number of hydrogen-bond donors (Lipinski definition) is 2. The Bertz CT molecular complexity index is 658. The number of ether oxygens (including phenoxy) is 2. The summed E-state index contributed by atoms with van der Waals surface area (Å²) in [7, 11) is 0. The summed E-state index contributed by atoms with van der Waals surface area (Å²) in [5.41, 5.74) is 7.06. The third kappa shape index (κ3) is 2.35. The molecule has 102 valence electrons. The average Bonchev–Trinajstić information content (AvgIpc) is 2.47. The van der Waals surface area contributed by atoms with Crippen molar-refractivity contribution in [2.75, 3.05) is 24.3 Å². The van der Waals surface area contributed by atoms with Crippen LogP contribution in [0.1, 0.15) is 10.4 Å². The molecule has 0 saturated heterocycles. The molecule has 0 radical (unpaired) electrons. The van der Waals surface area contributed by atoms with Crippen LogP contribution in [-0.4, -0.2) is 24.1 Å². The lowest BCUT2D eigenvalue weighted by Crippen LogP contribution is -2.17. The normalized spacial score (nSPS) is 12.8. The van der Waals surface area contributed by atoms with E-state index in [-0.39, 0.29) is 5.91 Å². The van der Waals surface area contributed by atoms with E-state index in [0.717, 1.165) is 0 Å². The van der Waals surface area contributed by atoms with Gasteiger partial charge in [0.2, 0.25) is 0 Å². The van der Waals surface area contributed by atoms with E-state index in [1.54, 1.807) is 24.3 Å². The Hall–Kier alpha value is -2.76. The van der Waals surface area contributed by atoms with E-state index in [4.69, 9.17) is 15.2 Å². The molecule has 1 aliphatic rings. The van der Waals surface area contributed by atoms with Gasteiger partial charge in [-0.05, 0) is 18.2 Å². The van der Waals surface area contributed by atoms with Gasteiger partial charge in [-0.2, -0.15) is 0 Å². The zero-order chi connectivity index (χ0) is 13.9. The number of nitrogens with zero attached hydrogens (tertiary/aromatic N) is 1. The van der Waals surface area contributed by atoms with Crippen LogP contribution in [0.25, 0.3) is 0 Å². The molecule has 2 aromatic rings. The van der Waals surface area contributed by atoms with Crippen LogP contribution in [0.4, 0.5) is 11.4 Å². The molecule has 20 heavy (non-hydrogen) atoms. The van der Waals surface area contributed by atoms with Gasteiger partial charge in [0.05, 0.1) is 17.4 Å². The maximum absolute atomic E-state index is 12.1. The van der Waals surface area contributed by atoms with E-state index in [1.807, 2.05) is 0 Å². The molecule has 1 aromatic carbocycles. The van der Waals surface area contributed by atoms with Crippen molar-refractivity contribution in [1.82, 2.24) is 4.98 Å². The molecule has 3 rings (SSSR count). The molecule has 2 heterocycles. The largest absolute Gasteiger partial charge is 0.486 e. The fraction of sp³-hybridized carbons (Fsp3) is 0.143. The van der Waals surface area contributed by atoms with Crippen molar-refractivity contribution in [3.63, 3.8) is 0 Å². The monoisotopic (exact) mass is 271 g/mol. The van der Waals surface area contributed by atoms with Gasteiger partial charge in [-0.25, -0.2) is 0 Å². The minimum Gasteiger partial charge on any atom is -0.486 e. The van der Waals surface area contributed by atoms with E-state index in [9.17, 15) is 4.79 Å². The number of benzene rings is 1. The zero-order valence-electron chi connectivity index (χ0n) is 10.6. The molecule has 0 unspecified atom stereocenters. The van der Waals surface area contributed by atoms with Crippen LogP contribution in [0.15, 0.2) is 36.7 Å². The first-order valence-corrected chi connectivity index (χ1v) is 6.14. The van der Waals surface area contributed by atoms with E-state index in [0.29, 0.717) is 41.7 Å². The predicted octanol–water partition coefficient (Wildman–Crippen LogP) is 1.69. The number of anilines is 2. The maximum atomic E-state index is 12.1. The molecule has 0 bridgehead atoms. The van der Waals surface area contributed by atoms with Crippen molar-refractivity contribution < 1.29 is 14.3 Å². The van der Waals surface area contributed by atoms with Crippen LogP contribution in [0, 0.1) is 0 Å². The van der Waals surface area contributed by atoms with Crippen LogP contribution < -0.4 is 20.5 Å². The van der Waals surface area contributed by atoms with Gasteiger partial charge in [0.25, 0.3) is 5.91 Å². The van der Waals surface area contributed by atoms with Gasteiger partial charge < -0.3 is 20.5 Å². The van der Waals surface area contributed by atoms with Crippen LogP contribution in [-0.2, 0) is 0 Å². The van der Waals surface area contributed by atoms with Gasteiger partial charge >= 0.3 is 0 Å². The first-order valence-electron chi connectivity index (χ1n) is 6.14. The fourth-order valence-corrected chi connectivity index (χ4v) is 1.93. The predicted molar refractivity (Wildman–Crippen MR) is 74.0 cm³/mol. The van der Waals surface area contributed by atoms with Crippen LogP contribution >= 0.6 is 0 Å². The van der Waals surface area contributed by atoms with Crippen molar-refractivity contribution in [2.24, 2.45) is 0 Å². The van der Waals surface area contributed by atoms with Gasteiger partial charge in [0.1, 0.15) is 13.2 Å². The van der Waals surface area contributed by atoms with Crippen molar-refractivity contribution in [2.45, 2.75) is 0 Å². The number of nitrogen functional groups attached to an aromatic ring is 1. The highest BCUT2D eigenvalue weighted by Crippen LogP contribution is 2.32. The first-order chi connectivity index (χ1) is 9.74. The van der Waals surface area contributed by atoms with E-state index in [2.05, 4.69) is 10.3 Å². The van der Waals surface area contributed by atoms with Crippen molar-refractivity contribution in [1.29, 1.82) is 0 Å². The molecule has 0 atom stereocenters. The lowest BCUT2D eigenvalue weighted by atomic mass is 10.2. The van der Waals surface area contributed by atoms with Gasteiger partial charge in [-0.1, -0.05) is 0 Å². The Balaban J connectivity index is 1.81. The number of aromatic nitrogens is 1. The van der Waals surface area contributed by atoms with Gasteiger partial charge in [-0.3, -0.25) is 9.78 Å². The third-order valence-electron chi connectivity index (χ3n) is 2.90. The molecule has 6 heteroatoms. The van der Waals surface area contributed by atoms with Gasteiger partial charge in [0.15, 0.2) is 11.5 Å². The maximum Gasteiger partial charge on any atom is 0.257 e. The van der Waals surface area contributed by atoms with Crippen molar-refractivity contribution in [3.05, 3.63) is 42.2 Å². The summed E-state index contributed by atoms with van der Waals surface area (Å²) in [6.07, 6.45) is 2.97. The minimum atomic E-state index is -0.290. The summed E-state index contributed by atoms with van der Waals surface area (Å²) in [5.74, 6) is 1.01. The summed E-state index contributed by atoms with van der Waals surface area (Å²) in [4.78, 5) is 16.0. The van der Waals surface area contributed by atoms with Gasteiger partial charge in [-0.15, -0.1) is 0 Å². The molecule has 1 aliphatic heterocycles. The molecule has 0 spiro atoms. The standard InChI is InChI=1S/C14H13N3O3/c15-11-8-16-4-3-10(11)14(18)17-9-1-2-12-13(7-9)20-6-5-19-12/h1-4,7-8H,5-6,15H2,(H,17,18). The topological polar surface area (TPSA) is 86.5 Å². The summed E-state index contributed by atoms with van der Waals surface area (Å²) in [5, 5.41) is 2.77. The quantitative estimate of drug-likeness (QED) is 0.868. The fourth-order valence-electron chi connectivity index (χ4n) is 1.93. The molecule has 0 fully saturated rings. The molecule has 1 aromatic heterocycles. The zero-order valence-corrected chi connectivity index (χ0v) is 10.6. The Kier molecular flexibility index (Phi) is 3.12. The lowest BCUT2D eigenvalue weighted by Gasteiger charge is -2.19. The number of carbonyl (C=O) groups is 1. The van der Waals surface area contributed by atoms with Crippen LogP contribution in [0.5, 0.6) is 11.5 Å². The highest BCUT2D eigenvalue weighted by molar-refractivity contribution is 6.07.